The van der Waals surface area contributed by atoms with Gasteiger partial charge >= 0.3 is 6.03 Å². The van der Waals surface area contributed by atoms with Gasteiger partial charge in [-0.1, -0.05) is 28.1 Å². The van der Waals surface area contributed by atoms with E-state index in [2.05, 4.69) is 31.6 Å². The summed E-state index contributed by atoms with van der Waals surface area (Å²) in [6.07, 6.45) is 1.62. The Hall–Kier alpha value is -1.69. The Kier molecular flexibility index (Phi) is 3.53. The fourth-order valence-corrected chi connectivity index (χ4v) is 1.63. The van der Waals surface area contributed by atoms with E-state index < -0.39 is 12.1 Å². The van der Waals surface area contributed by atoms with Crippen molar-refractivity contribution in [1.29, 1.82) is 0 Å². The molecule has 2 rings (SSSR count). The summed E-state index contributed by atoms with van der Waals surface area (Å²) in [5, 5.41) is 4.68. The maximum Gasteiger partial charge on any atom is 0.321 e. The van der Waals surface area contributed by atoms with E-state index in [-0.39, 0.29) is 12.5 Å². The van der Waals surface area contributed by atoms with Crippen LogP contribution in [0.2, 0.25) is 0 Å². The minimum absolute atomic E-state index is 0.234. The predicted octanol–water partition coefficient (Wildman–Crippen LogP) is 1.08. The molecule has 3 amide bonds. The molecule has 88 valence electrons. The van der Waals surface area contributed by atoms with E-state index in [4.69, 9.17) is 0 Å². The molecule has 5 nitrogen and oxygen atoms in total. The first kappa shape index (κ1) is 11.8. The molecule has 1 atom stereocenters. The van der Waals surface area contributed by atoms with Crippen molar-refractivity contribution in [3.63, 3.8) is 0 Å². The molecule has 0 bridgehead atoms. The lowest BCUT2D eigenvalue weighted by Gasteiger charge is -2.18. The number of rotatable bonds is 2. The van der Waals surface area contributed by atoms with E-state index in [1.54, 1.807) is 6.21 Å². The number of aliphatic imine (C=N–C) groups is 1. The molecular weight excluding hydrogens is 286 g/mol. The van der Waals surface area contributed by atoms with Crippen LogP contribution in [0.1, 0.15) is 5.56 Å². The standard InChI is InChI=1S/C11H10BrN3O2/c12-8-3-1-7(2-4-8)5-13-9-6-14-11(17)15-10(9)16/h1-5,9H,6H2,(H2,14,15,16,17). The van der Waals surface area contributed by atoms with Gasteiger partial charge in [0.1, 0.15) is 6.04 Å². The van der Waals surface area contributed by atoms with Gasteiger partial charge in [0.15, 0.2) is 0 Å². The fourth-order valence-electron chi connectivity index (χ4n) is 1.37. The molecule has 1 saturated heterocycles. The van der Waals surface area contributed by atoms with Crippen molar-refractivity contribution in [2.24, 2.45) is 4.99 Å². The number of carbonyl (C=O) groups is 2. The van der Waals surface area contributed by atoms with Crippen LogP contribution in [0.4, 0.5) is 4.79 Å². The average molecular weight is 296 g/mol. The van der Waals surface area contributed by atoms with E-state index >= 15 is 0 Å². The molecule has 1 unspecified atom stereocenters. The Morgan fingerprint density at radius 2 is 2.00 bits per heavy atom. The molecule has 2 N–H and O–H groups in total. The van der Waals surface area contributed by atoms with E-state index in [0.29, 0.717) is 0 Å². The van der Waals surface area contributed by atoms with Gasteiger partial charge in [-0.3, -0.25) is 15.1 Å². The van der Waals surface area contributed by atoms with Crippen LogP contribution in [0.25, 0.3) is 0 Å². The Labute approximate surface area is 106 Å². The molecule has 0 aliphatic carbocycles. The first-order chi connectivity index (χ1) is 8.15. The topological polar surface area (TPSA) is 70.6 Å². The summed E-state index contributed by atoms with van der Waals surface area (Å²) in [6.45, 7) is 0.234. The summed E-state index contributed by atoms with van der Waals surface area (Å²) in [6, 6.07) is 6.52. The van der Waals surface area contributed by atoms with Gasteiger partial charge < -0.3 is 5.32 Å². The number of carbonyl (C=O) groups excluding carboxylic acids is 2. The Morgan fingerprint density at radius 1 is 1.29 bits per heavy atom. The quantitative estimate of drug-likeness (QED) is 0.802. The number of benzene rings is 1. The second kappa shape index (κ2) is 5.09. The van der Waals surface area contributed by atoms with Crippen molar-refractivity contribution < 1.29 is 9.59 Å². The van der Waals surface area contributed by atoms with Crippen LogP contribution in [0.5, 0.6) is 0 Å². The third-order valence-corrected chi connectivity index (χ3v) is 2.80. The normalized spacial score (nSPS) is 20.2. The van der Waals surface area contributed by atoms with Crippen LogP contribution >= 0.6 is 15.9 Å². The number of hydrogen-bond donors (Lipinski definition) is 2. The minimum atomic E-state index is -0.559. The number of nitrogens with zero attached hydrogens (tertiary/aromatic N) is 1. The highest BCUT2D eigenvalue weighted by molar-refractivity contribution is 9.10. The highest BCUT2D eigenvalue weighted by Gasteiger charge is 2.24. The lowest BCUT2D eigenvalue weighted by molar-refractivity contribution is -0.121. The Balaban J connectivity index is 2.03. The molecule has 1 aliphatic heterocycles. The lowest BCUT2D eigenvalue weighted by atomic mass is 10.2. The molecule has 0 aromatic heterocycles. The molecule has 0 spiro atoms. The van der Waals surface area contributed by atoms with Crippen LogP contribution in [0.15, 0.2) is 33.7 Å². The summed E-state index contributed by atoms with van der Waals surface area (Å²) in [7, 11) is 0. The molecule has 6 heteroatoms. The van der Waals surface area contributed by atoms with Gasteiger partial charge in [0, 0.05) is 10.7 Å². The van der Waals surface area contributed by atoms with Crippen LogP contribution in [0.3, 0.4) is 0 Å². The van der Waals surface area contributed by atoms with E-state index in [0.717, 1.165) is 10.0 Å². The molecule has 0 saturated carbocycles. The van der Waals surface area contributed by atoms with E-state index in [9.17, 15) is 9.59 Å². The molecule has 0 radical (unpaired) electrons. The number of halogens is 1. The summed E-state index contributed by atoms with van der Waals surface area (Å²) in [5.74, 6) is -0.373. The zero-order chi connectivity index (χ0) is 12.3. The van der Waals surface area contributed by atoms with Crippen molar-refractivity contribution in [3.8, 4) is 0 Å². The zero-order valence-electron chi connectivity index (χ0n) is 8.81. The molecule has 17 heavy (non-hydrogen) atoms. The number of amides is 3. The van der Waals surface area contributed by atoms with Crippen LogP contribution in [0, 0.1) is 0 Å². The van der Waals surface area contributed by atoms with Crippen molar-refractivity contribution in [3.05, 3.63) is 34.3 Å². The SMILES string of the molecule is O=C1NCC(N=Cc2ccc(Br)cc2)C(=O)N1. The predicted molar refractivity (Wildman–Crippen MR) is 67.1 cm³/mol. The zero-order valence-corrected chi connectivity index (χ0v) is 10.4. The summed E-state index contributed by atoms with van der Waals surface area (Å²) >= 11 is 3.33. The van der Waals surface area contributed by atoms with E-state index in [1.165, 1.54) is 0 Å². The molecule has 1 aromatic rings. The third-order valence-electron chi connectivity index (χ3n) is 2.27. The maximum atomic E-state index is 11.4. The van der Waals surface area contributed by atoms with Gasteiger partial charge in [0.05, 0.1) is 6.54 Å². The third kappa shape index (κ3) is 3.13. The summed E-state index contributed by atoms with van der Waals surface area (Å²) in [4.78, 5) is 26.3. The van der Waals surface area contributed by atoms with Crippen LogP contribution in [-0.2, 0) is 4.79 Å². The van der Waals surface area contributed by atoms with Gasteiger partial charge in [-0.2, -0.15) is 0 Å². The van der Waals surface area contributed by atoms with Crippen molar-refractivity contribution >= 4 is 34.1 Å². The molecule has 1 fully saturated rings. The van der Waals surface area contributed by atoms with Crippen molar-refractivity contribution in [1.82, 2.24) is 10.6 Å². The van der Waals surface area contributed by atoms with Gasteiger partial charge in [0.2, 0.25) is 0 Å². The lowest BCUT2D eigenvalue weighted by Crippen LogP contribution is -2.54. The first-order valence-corrected chi connectivity index (χ1v) is 5.82. The summed E-state index contributed by atoms with van der Waals surface area (Å²) in [5.41, 5.74) is 0.901. The second-order valence-electron chi connectivity index (χ2n) is 3.54. The fraction of sp³-hybridized carbons (Fsp3) is 0.182. The number of hydrogen-bond acceptors (Lipinski definition) is 3. The number of imide groups is 1. The van der Waals surface area contributed by atoms with Gasteiger partial charge in [-0.05, 0) is 17.7 Å². The number of nitrogens with one attached hydrogen (secondary N) is 2. The van der Waals surface area contributed by atoms with Crippen molar-refractivity contribution in [2.45, 2.75) is 6.04 Å². The molecule has 1 aromatic carbocycles. The summed E-state index contributed by atoms with van der Waals surface area (Å²) < 4.78 is 0.984. The molecule has 1 aliphatic rings. The highest BCUT2D eigenvalue weighted by Crippen LogP contribution is 2.09. The minimum Gasteiger partial charge on any atom is -0.335 e. The monoisotopic (exact) mass is 295 g/mol. The second-order valence-corrected chi connectivity index (χ2v) is 4.46. The Bertz CT molecular complexity index is 470. The maximum absolute atomic E-state index is 11.4. The van der Waals surface area contributed by atoms with Gasteiger partial charge in [-0.15, -0.1) is 0 Å². The molecule has 1 heterocycles. The molecular formula is C11H10BrN3O2. The first-order valence-electron chi connectivity index (χ1n) is 5.02. The van der Waals surface area contributed by atoms with Crippen LogP contribution < -0.4 is 10.6 Å². The van der Waals surface area contributed by atoms with Crippen molar-refractivity contribution in [2.75, 3.05) is 6.54 Å². The Morgan fingerprint density at radius 3 is 2.65 bits per heavy atom. The number of urea groups is 1. The van der Waals surface area contributed by atoms with Gasteiger partial charge in [0.25, 0.3) is 5.91 Å². The average Bonchev–Trinajstić information content (AvgIpc) is 2.30. The largest absolute Gasteiger partial charge is 0.335 e. The smallest absolute Gasteiger partial charge is 0.321 e. The van der Waals surface area contributed by atoms with Gasteiger partial charge in [-0.25, -0.2) is 4.79 Å². The van der Waals surface area contributed by atoms with E-state index in [1.807, 2.05) is 24.3 Å². The van der Waals surface area contributed by atoms with Crippen LogP contribution in [-0.4, -0.2) is 30.7 Å². The highest BCUT2D eigenvalue weighted by atomic mass is 79.9.